The number of benzene rings is 2. The number of aromatic hydroxyl groups is 2. The monoisotopic (exact) mass is 388 g/mol. The third kappa shape index (κ3) is 6.50. The van der Waals surface area contributed by atoms with Gasteiger partial charge in [-0.3, -0.25) is 9.59 Å². The topological polar surface area (TPSA) is 102 Å². The van der Waals surface area contributed by atoms with Gasteiger partial charge >= 0.3 is 5.97 Å². The molecule has 0 bridgehead atoms. The van der Waals surface area contributed by atoms with E-state index in [1.807, 2.05) is 0 Å². The van der Waals surface area contributed by atoms with E-state index in [2.05, 4.69) is 0 Å². The number of carbonyl (C=O) groups is 2. The third-order valence-corrected chi connectivity index (χ3v) is 4.05. The van der Waals surface area contributed by atoms with Crippen LogP contribution in [-0.2, 0) is 4.79 Å². The molecule has 0 aliphatic heterocycles. The van der Waals surface area contributed by atoms with E-state index in [0.717, 1.165) is 19.3 Å². The van der Waals surface area contributed by atoms with Crippen LogP contribution in [0.5, 0.6) is 28.7 Å². The van der Waals surface area contributed by atoms with Crippen LogP contribution in [0.4, 0.5) is 0 Å². The Bertz CT molecular complexity index is 801. The Morgan fingerprint density at radius 2 is 1.68 bits per heavy atom. The molecule has 0 aliphatic rings. The fourth-order valence-electron chi connectivity index (χ4n) is 2.54. The quantitative estimate of drug-likeness (QED) is 0.261. The second-order valence-electron chi connectivity index (χ2n) is 6.16. The van der Waals surface area contributed by atoms with E-state index in [1.165, 1.54) is 31.4 Å². The standard InChI is InChI=1S/C21H24O7/c1-26-20-13-16(7-10-19(20)24)27-11-5-3-2-4-6-21(25)28-17-8-9-18(23)15(12-17)14-22/h7-10,12-14,23-24H,2-6,11H2,1H3. The summed E-state index contributed by atoms with van der Waals surface area (Å²) >= 11 is 0. The highest BCUT2D eigenvalue weighted by atomic mass is 16.5. The summed E-state index contributed by atoms with van der Waals surface area (Å²) < 4.78 is 15.8. The van der Waals surface area contributed by atoms with Gasteiger partial charge in [0.1, 0.15) is 17.2 Å². The smallest absolute Gasteiger partial charge is 0.311 e. The van der Waals surface area contributed by atoms with Crippen LogP contribution >= 0.6 is 0 Å². The molecule has 0 saturated carbocycles. The molecule has 0 atom stereocenters. The lowest BCUT2D eigenvalue weighted by molar-refractivity contribution is -0.134. The molecular formula is C21H24O7. The molecule has 2 aromatic rings. The predicted octanol–water partition coefficient (Wildman–Crippen LogP) is 3.85. The number of ether oxygens (including phenoxy) is 3. The summed E-state index contributed by atoms with van der Waals surface area (Å²) in [6, 6.07) is 8.91. The van der Waals surface area contributed by atoms with Crippen molar-refractivity contribution in [2.75, 3.05) is 13.7 Å². The summed E-state index contributed by atoms with van der Waals surface area (Å²) in [5.41, 5.74) is 0.0801. The molecule has 2 N–H and O–H groups in total. The molecule has 0 radical (unpaired) electrons. The van der Waals surface area contributed by atoms with Crippen molar-refractivity contribution in [2.45, 2.75) is 32.1 Å². The highest BCUT2D eigenvalue weighted by molar-refractivity contribution is 5.80. The minimum Gasteiger partial charge on any atom is -0.507 e. The maximum absolute atomic E-state index is 11.8. The first kappa shape index (κ1) is 21.1. The summed E-state index contributed by atoms with van der Waals surface area (Å²) in [6.07, 6.45) is 4.04. The highest BCUT2D eigenvalue weighted by Crippen LogP contribution is 2.29. The van der Waals surface area contributed by atoms with Crippen LogP contribution < -0.4 is 14.2 Å². The minimum atomic E-state index is -0.380. The molecule has 28 heavy (non-hydrogen) atoms. The number of esters is 1. The van der Waals surface area contributed by atoms with Crippen molar-refractivity contribution in [3.05, 3.63) is 42.0 Å². The summed E-state index contributed by atoms with van der Waals surface area (Å²) in [4.78, 5) is 22.6. The lowest BCUT2D eigenvalue weighted by atomic mass is 10.1. The molecule has 7 heteroatoms. The molecule has 0 aromatic heterocycles. The van der Waals surface area contributed by atoms with E-state index in [1.54, 1.807) is 12.1 Å². The molecule has 0 unspecified atom stereocenters. The summed E-state index contributed by atoms with van der Waals surface area (Å²) in [7, 11) is 1.48. The van der Waals surface area contributed by atoms with Gasteiger partial charge in [-0.15, -0.1) is 0 Å². The Morgan fingerprint density at radius 3 is 2.43 bits per heavy atom. The van der Waals surface area contributed by atoms with E-state index in [-0.39, 0.29) is 35.2 Å². The van der Waals surface area contributed by atoms with Gasteiger partial charge in [-0.2, -0.15) is 0 Å². The maximum Gasteiger partial charge on any atom is 0.311 e. The molecule has 0 fully saturated rings. The molecule has 7 nitrogen and oxygen atoms in total. The zero-order valence-corrected chi connectivity index (χ0v) is 15.7. The van der Waals surface area contributed by atoms with Gasteiger partial charge in [-0.05, 0) is 43.2 Å². The van der Waals surface area contributed by atoms with Gasteiger partial charge in [0.25, 0.3) is 0 Å². The van der Waals surface area contributed by atoms with Crippen LogP contribution in [0.15, 0.2) is 36.4 Å². The van der Waals surface area contributed by atoms with Crippen molar-refractivity contribution in [3.8, 4) is 28.7 Å². The second kappa shape index (κ2) is 10.8. The van der Waals surface area contributed by atoms with Gasteiger partial charge < -0.3 is 24.4 Å². The minimum absolute atomic E-state index is 0.0661. The first-order valence-electron chi connectivity index (χ1n) is 9.02. The summed E-state index contributed by atoms with van der Waals surface area (Å²) in [5.74, 6) is 0.767. The maximum atomic E-state index is 11.8. The molecule has 0 amide bonds. The van der Waals surface area contributed by atoms with E-state index in [0.29, 0.717) is 30.8 Å². The van der Waals surface area contributed by atoms with Gasteiger partial charge in [0.2, 0.25) is 0 Å². The van der Waals surface area contributed by atoms with Crippen molar-refractivity contribution >= 4 is 12.3 Å². The second-order valence-corrected chi connectivity index (χ2v) is 6.16. The number of hydrogen-bond acceptors (Lipinski definition) is 7. The number of hydrogen-bond donors (Lipinski definition) is 2. The molecule has 2 rings (SSSR count). The lowest BCUT2D eigenvalue weighted by Crippen LogP contribution is -2.07. The Labute approximate surface area is 163 Å². The van der Waals surface area contributed by atoms with Crippen molar-refractivity contribution in [3.63, 3.8) is 0 Å². The Balaban J connectivity index is 1.60. The van der Waals surface area contributed by atoms with Crippen LogP contribution in [-0.4, -0.2) is 36.2 Å². The predicted molar refractivity (Wildman–Crippen MR) is 102 cm³/mol. The number of methoxy groups -OCH3 is 1. The van der Waals surface area contributed by atoms with E-state index in [9.17, 15) is 19.8 Å². The summed E-state index contributed by atoms with van der Waals surface area (Å²) in [6.45, 7) is 0.528. The fraction of sp³-hybridized carbons (Fsp3) is 0.333. The van der Waals surface area contributed by atoms with E-state index < -0.39 is 0 Å². The van der Waals surface area contributed by atoms with Gasteiger partial charge in [-0.1, -0.05) is 12.8 Å². The molecular weight excluding hydrogens is 364 g/mol. The number of rotatable bonds is 11. The first-order chi connectivity index (χ1) is 13.5. The molecule has 150 valence electrons. The Kier molecular flexibility index (Phi) is 8.14. The van der Waals surface area contributed by atoms with Crippen LogP contribution in [0, 0.1) is 0 Å². The average molecular weight is 388 g/mol. The molecule has 0 heterocycles. The first-order valence-corrected chi connectivity index (χ1v) is 9.02. The van der Waals surface area contributed by atoms with Crippen LogP contribution in [0.25, 0.3) is 0 Å². The molecule has 0 saturated heterocycles. The third-order valence-electron chi connectivity index (χ3n) is 4.05. The Morgan fingerprint density at radius 1 is 0.964 bits per heavy atom. The van der Waals surface area contributed by atoms with Crippen molar-refractivity contribution < 1.29 is 34.0 Å². The average Bonchev–Trinajstić information content (AvgIpc) is 2.69. The van der Waals surface area contributed by atoms with Gasteiger partial charge in [0.15, 0.2) is 17.8 Å². The van der Waals surface area contributed by atoms with Crippen molar-refractivity contribution in [1.29, 1.82) is 0 Å². The largest absolute Gasteiger partial charge is 0.507 e. The van der Waals surface area contributed by atoms with Crippen LogP contribution in [0.2, 0.25) is 0 Å². The lowest BCUT2D eigenvalue weighted by Gasteiger charge is -2.09. The van der Waals surface area contributed by atoms with Gasteiger partial charge in [-0.25, -0.2) is 0 Å². The van der Waals surface area contributed by atoms with Crippen molar-refractivity contribution in [2.24, 2.45) is 0 Å². The van der Waals surface area contributed by atoms with Crippen molar-refractivity contribution in [1.82, 2.24) is 0 Å². The molecule has 2 aromatic carbocycles. The number of unbranched alkanes of at least 4 members (excludes halogenated alkanes) is 3. The molecule has 0 aliphatic carbocycles. The zero-order valence-electron chi connectivity index (χ0n) is 15.7. The number of carbonyl (C=O) groups excluding carboxylic acids is 2. The SMILES string of the molecule is COc1cc(OCCCCCCC(=O)Oc2ccc(O)c(C=O)c2)ccc1O. The van der Waals surface area contributed by atoms with Crippen LogP contribution in [0.3, 0.4) is 0 Å². The zero-order chi connectivity index (χ0) is 20.4. The van der Waals surface area contributed by atoms with E-state index in [4.69, 9.17) is 14.2 Å². The van der Waals surface area contributed by atoms with E-state index >= 15 is 0 Å². The van der Waals surface area contributed by atoms with Gasteiger partial charge in [0.05, 0.1) is 19.3 Å². The number of phenolic OH excluding ortho intramolecular Hbond substituents is 2. The Hall–Kier alpha value is -3.22. The fourth-order valence-corrected chi connectivity index (χ4v) is 2.54. The number of aldehydes is 1. The summed E-state index contributed by atoms with van der Waals surface area (Å²) in [5, 5.41) is 19.0. The van der Waals surface area contributed by atoms with Gasteiger partial charge in [0, 0.05) is 12.5 Å². The molecule has 0 spiro atoms. The highest BCUT2D eigenvalue weighted by Gasteiger charge is 2.08. The normalized spacial score (nSPS) is 10.3. The van der Waals surface area contributed by atoms with Crippen LogP contribution in [0.1, 0.15) is 42.5 Å². The number of phenols is 2.